The molecule has 0 spiro atoms. The molecule has 31 heavy (non-hydrogen) atoms. The van der Waals surface area contributed by atoms with E-state index in [2.05, 4.69) is 73.2 Å². The fourth-order valence-corrected chi connectivity index (χ4v) is 4.74. The molecule has 1 atom stereocenters. The highest BCUT2D eigenvalue weighted by Gasteiger charge is 2.34. The van der Waals surface area contributed by atoms with Gasteiger partial charge in [-0.1, -0.05) is 50.2 Å². The van der Waals surface area contributed by atoms with Crippen LogP contribution in [0.25, 0.3) is 0 Å². The number of likely N-dealkylation sites (N-methyl/N-ethyl adjacent to an activating group) is 1. The first-order chi connectivity index (χ1) is 15.0. The van der Waals surface area contributed by atoms with Crippen LogP contribution in [0.1, 0.15) is 48.2 Å². The Morgan fingerprint density at radius 1 is 1.03 bits per heavy atom. The van der Waals surface area contributed by atoms with Gasteiger partial charge in [-0.25, -0.2) is 0 Å². The molecule has 2 aliphatic rings. The fraction of sp³-hybridized carbons (Fsp3) is 0.500. The van der Waals surface area contributed by atoms with Gasteiger partial charge in [-0.3, -0.25) is 4.79 Å². The van der Waals surface area contributed by atoms with E-state index in [9.17, 15) is 4.79 Å². The molecule has 2 heterocycles. The normalized spacial score (nSPS) is 19.6. The highest BCUT2D eigenvalue weighted by Crippen LogP contribution is 2.38. The number of ether oxygens (including phenoxy) is 1. The van der Waals surface area contributed by atoms with Crippen LogP contribution < -0.4 is 4.90 Å². The predicted molar refractivity (Wildman–Crippen MR) is 126 cm³/mol. The summed E-state index contributed by atoms with van der Waals surface area (Å²) in [6, 6.07) is 15.0. The Balaban J connectivity index is 1.56. The number of nitrogens with zero attached hydrogens (tertiary/aromatic N) is 3. The second-order valence-corrected chi connectivity index (χ2v) is 9.14. The summed E-state index contributed by atoms with van der Waals surface area (Å²) < 4.78 is 5.96. The molecule has 2 aliphatic heterocycles. The number of rotatable bonds is 5. The van der Waals surface area contributed by atoms with Crippen LogP contribution in [0.5, 0.6) is 0 Å². The van der Waals surface area contributed by atoms with E-state index in [-0.39, 0.29) is 12.1 Å². The number of fused-ring (bicyclic) bond motifs is 1. The first kappa shape index (κ1) is 21.8. The third kappa shape index (κ3) is 4.63. The fourth-order valence-electron chi connectivity index (χ4n) is 4.74. The second-order valence-electron chi connectivity index (χ2n) is 9.14. The summed E-state index contributed by atoms with van der Waals surface area (Å²) in [6.45, 7) is 9.17. The maximum Gasteiger partial charge on any atom is 0.229 e. The zero-order valence-electron chi connectivity index (χ0n) is 19.3. The van der Waals surface area contributed by atoms with Gasteiger partial charge in [0.25, 0.3) is 0 Å². The molecular formula is C26H35N3O2. The molecule has 1 amide bonds. The zero-order chi connectivity index (χ0) is 22.0. The van der Waals surface area contributed by atoms with Crippen molar-refractivity contribution in [1.29, 1.82) is 0 Å². The minimum absolute atomic E-state index is 0.128. The molecule has 5 heteroatoms. The highest BCUT2D eigenvalue weighted by molar-refractivity contribution is 5.80. The summed E-state index contributed by atoms with van der Waals surface area (Å²) in [7, 11) is 3.89. The van der Waals surface area contributed by atoms with Gasteiger partial charge in [0.1, 0.15) is 0 Å². The van der Waals surface area contributed by atoms with E-state index < -0.39 is 0 Å². The number of benzene rings is 2. The molecule has 0 aromatic heterocycles. The number of methoxy groups -OCH3 is 1. The molecule has 0 N–H and O–H groups in total. The summed E-state index contributed by atoms with van der Waals surface area (Å²) >= 11 is 0. The van der Waals surface area contributed by atoms with Crippen LogP contribution in [-0.2, 0) is 22.4 Å². The van der Waals surface area contributed by atoms with Crippen LogP contribution >= 0.6 is 0 Å². The van der Waals surface area contributed by atoms with Gasteiger partial charge in [-0.15, -0.1) is 0 Å². The van der Waals surface area contributed by atoms with Gasteiger partial charge in [-0.2, -0.15) is 0 Å². The van der Waals surface area contributed by atoms with Crippen molar-refractivity contribution in [2.45, 2.75) is 38.8 Å². The van der Waals surface area contributed by atoms with Gasteiger partial charge in [0.2, 0.25) is 5.91 Å². The minimum Gasteiger partial charge on any atom is -0.369 e. The van der Waals surface area contributed by atoms with Crippen LogP contribution in [0, 0.1) is 0 Å². The van der Waals surface area contributed by atoms with Gasteiger partial charge >= 0.3 is 0 Å². The minimum atomic E-state index is -0.331. The Morgan fingerprint density at radius 3 is 2.39 bits per heavy atom. The Kier molecular flexibility index (Phi) is 6.63. The maximum atomic E-state index is 13.3. The van der Waals surface area contributed by atoms with Gasteiger partial charge in [0.05, 0.1) is 6.42 Å². The van der Waals surface area contributed by atoms with Crippen molar-refractivity contribution in [2.75, 3.05) is 51.8 Å². The van der Waals surface area contributed by atoms with Crippen molar-refractivity contribution < 1.29 is 9.53 Å². The van der Waals surface area contributed by atoms with Crippen molar-refractivity contribution in [3.8, 4) is 0 Å². The van der Waals surface area contributed by atoms with Crippen LogP contribution in [-0.4, -0.2) is 62.6 Å². The molecule has 5 nitrogen and oxygen atoms in total. The van der Waals surface area contributed by atoms with Crippen molar-refractivity contribution in [2.24, 2.45) is 0 Å². The van der Waals surface area contributed by atoms with Crippen molar-refractivity contribution in [3.05, 3.63) is 64.7 Å². The Bertz CT molecular complexity index is 901. The van der Waals surface area contributed by atoms with E-state index in [1.165, 1.54) is 22.4 Å². The predicted octanol–water partition coefficient (Wildman–Crippen LogP) is 3.83. The van der Waals surface area contributed by atoms with Crippen LogP contribution in [0.15, 0.2) is 42.5 Å². The highest BCUT2D eigenvalue weighted by atomic mass is 16.5. The molecule has 2 aromatic rings. The van der Waals surface area contributed by atoms with Crippen molar-refractivity contribution in [1.82, 2.24) is 9.80 Å². The molecule has 0 bridgehead atoms. The van der Waals surface area contributed by atoms with Gasteiger partial charge < -0.3 is 19.4 Å². The third-order valence-corrected chi connectivity index (χ3v) is 6.71. The first-order valence-electron chi connectivity index (χ1n) is 11.4. The van der Waals surface area contributed by atoms with Crippen LogP contribution in [0.2, 0.25) is 0 Å². The SMILES string of the molecule is CO[C@H]1c2c(cccc2N2CCN(C)CC2)CCN1C(=O)Cc1ccc(C(C)C)cc1. The standard InChI is InChI=1S/C26H35N3O2/c1-19(2)21-10-8-20(9-11-21)18-24(30)29-13-12-22-6-5-7-23(25(22)26(29)31-4)28-16-14-27(3)15-17-28/h5-11,19,26H,12-18H2,1-4H3/t26-/m0/s1. The topological polar surface area (TPSA) is 36.0 Å². The molecule has 0 aliphatic carbocycles. The van der Waals surface area contributed by atoms with E-state index in [0.717, 1.165) is 38.2 Å². The van der Waals surface area contributed by atoms with E-state index in [1.54, 1.807) is 7.11 Å². The van der Waals surface area contributed by atoms with E-state index in [1.807, 2.05) is 4.90 Å². The molecule has 166 valence electrons. The average molecular weight is 422 g/mol. The Morgan fingerprint density at radius 2 is 1.74 bits per heavy atom. The summed E-state index contributed by atoms with van der Waals surface area (Å²) in [5.41, 5.74) is 6.05. The Hall–Kier alpha value is -2.37. The summed E-state index contributed by atoms with van der Waals surface area (Å²) in [6.07, 6.45) is 0.945. The molecule has 1 saturated heterocycles. The summed E-state index contributed by atoms with van der Waals surface area (Å²) in [5, 5.41) is 0. The monoisotopic (exact) mass is 421 g/mol. The van der Waals surface area contributed by atoms with Crippen molar-refractivity contribution >= 4 is 11.6 Å². The lowest BCUT2D eigenvalue weighted by Gasteiger charge is -2.41. The van der Waals surface area contributed by atoms with Gasteiger partial charge in [0.15, 0.2) is 6.23 Å². The molecule has 1 fully saturated rings. The smallest absolute Gasteiger partial charge is 0.229 e. The van der Waals surface area contributed by atoms with E-state index in [0.29, 0.717) is 18.9 Å². The second kappa shape index (κ2) is 9.41. The summed E-state index contributed by atoms with van der Waals surface area (Å²) in [5.74, 6) is 0.622. The molecule has 2 aromatic carbocycles. The summed E-state index contributed by atoms with van der Waals surface area (Å²) in [4.78, 5) is 20.1. The number of piperazine rings is 1. The quantitative estimate of drug-likeness (QED) is 0.735. The van der Waals surface area contributed by atoms with Crippen molar-refractivity contribution in [3.63, 3.8) is 0 Å². The molecular weight excluding hydrogens is 386 g/mol. The largest absolute Gasteiger partial charge is 0.369 e. The number of carbonyl (C=O) groups is 1. The van der Waals surface area contributed by atoms with Gasteiger partial charge in [-0.05, 0) is 42.1 Å². The Labute approximate surface area is 186 Å². The van der Waals surface area contributed by atoms with Crippen LogP contribution in [0.3, 0.4) is 0 Å². The number of anilines is 1. The molecule has 0 unspecified atom stereocenters. The molecule has 4 rings (SSSR count). The zero-order valence-corrected chi connectivity index (χ0v) is 19.3. The average Bonchev–Trinajstić information content (AvgIpc) is 2.78. The lowest BCUT2D eigenvalue weighted by molar-refractivity contribution is -0.145. The number of hydrogen-bond donors (Lipinski definition) is 0. The maximum absolute atomic E-state index is 13.3. The lowest BCUT2D eigenvalue weighted by Crippen LogP contribution is -2.46. The first-order valence-corrected chi connectivity index (χ1v) is 11.4. The lowest BCUT2D eigenvalue weighted by atomic mass is 9.94. The molecule has 0 radical (unpaired) electrons. The van der Waals surface area contributed by atoms with E-state index in [4.69, 9.17) is 4.74 Å². The van der Waals surface area contributed by atoms with Gasteiger partial charge in [0, 0.05) is 51.1 Å². The number of carbonyl (C=O) groups excluding carboxylic acids is 1. The van der Waals surface area contributed by atoms with E-state index >= 15 is 0 Å². The molecule has 0 saturated carbocycles. The number of hydrogen-bond acceptors (Lipinski definition) is 4. The van der Waals surface area contributed by atoms with Crippen LogP contribution in [0.4, 0.5) is 5.69 Å². The third-order valence-electron chi connectivity index (χ3n) is 6.71. The number of amides is 1.